The number of amides is 1. The van der Waals surface area contributed by atoms with Crippen LogP contribution in [0.5, 0.6) is 5.75 Å². The van der Waals surface area contributed by atoms with E-state index in [1.165, 1.54) is 18.3 Å². The van der Waals surface area contributed by atoms with Gasteiger partial charge in [-0.3, -0.25) is 14.4 Å². The molecule has 0 atom stereocenters. The Morgan fingerprint density at radius 1 is 1.21 bits per heavy atom. The van der Waals surface area contributed by atoms with Crippen molar-refractivity contribution in [2.75, 3.05) is 11.9 Å². The Morgan fingerprint density at radius 3 is 2.54 bits per heavy atom. The summed E-state index contributed by atoms with van der Waals surface area (Å²) in [6.45, 7) is -0.770. The number of aromatic nitrogens is 1. The summed E-state index contributed by atoms with van der Waals surface area (Å²) in [4.78, 5) is 34.0. The van der Waals surface area contributed by atoms with Crippen molar-refractivity contribution in [1.82, 2.24) is 4.57 Å². The molecule has 0 saturated heterocycles. The molecule has 2 aromatic rings. The van der Waals surface area contributed by atoms with Crippen LogP contribution in [-0.2, 0) is 16.1 Å². The molecule has 1 heterocycles. The first-order valence-electron chi connectivity index (χ1n) is 6.83. The highest BCUT2D eigenvalue weighted by Crippen LogP contribution is 2.11. The zero-order chi connectivity index (χ0) is 17.5. The molecular weight excluding hydrogens is 314 g/mol. The number of carbonyl (C=O) groups is 2. The van der Waals surface area contributed by atoms with Crippen molar-refractivity contribution < 1.29 is 19.4 Å². The average Bonchev–Trinajstić information content (AvgIpc) is 2.56. The van der Waals surface area contributed by atoms with Crippen LogP contribution in [0, 0.1) is 11.3 Å². The molecule has 0 aliphatic rings. The lowest BCUT2D eigenvalue weighted by Crippen LogP contribution is -2.25. The summed E-state index contributed by atoms with van der Waals surface area (Å²) >= 11 is 0. The minimum atomic E-state index is -1.16. The Bertz CT molecular complexity index is 849. The number of carbonyl (C=O) groups excluding carboxylic acids is 1. The van der Waals surface area contributed by atoms with Crippen LogP contribution in [0.2, 0.25) is 0 Å². The van der Waals surface area contributed by atoms with Crippen molar-refractivity contribution >= 4 is 17.6 Å². The Balaban J connectivity index is 1.95. The van der Waals surface area contributed by atoms with Gasteiger partial charge in [-0.15, -0.1) is 0 Å². The Labute approximate surface area is 136 Å². The molecule has 24 heavy (non-hydrogen) atoms. The van der Waals surface area contributed by atoms with Crippen molar-refractivity contribution in [3.8, 4) is 11.8 Å². The summed E-state index contributed by atoms with van der Waals surface area (Å²) in [5.41, 5.74) is 0.279. The van der Waals surface area contributed by atoms with Gasteiger partial charge in [-0.25, -0.2) is 0 Å². The topological polar surface area (TPSA) is 121 Å². The number of nitriles is 1. The highest BCUT2D eigenvalue weighted by molar-refractivity contribution is 5.91. The third kappa shape index (κ3) is 4.71. The zero-order valence-electron chi connectivity index (χ0n) is 12.4. The lowest BCUT2D eigenvalue weighted by molar-refractivity contribution is -0.137. The van der Waals surface area contributed by atoms with Gasteiger partial charge < -0.3 is 19.7 Å². The van der Waals surface area contributed by atoms with Crippen molar-refractivity contribution in [1.29, 1.82) is 5.26 Å². The first kappa shape index (κ1) is 16.8. The normalized spacial score (nSPS) is 9.79. The molecule has 8 heteroatoms. The number of hydrogen-bond donors (Lipinski definition) is 2. The zero-order valence-corrected chi connectivity index (χ0v) is 12.4. The maximum absolute atomic E-state index is 11.8. The minimum absolute atomic E-state index is 0.274. The maximum atomic E-state index is 11.8. The third-order valence-corrected chi connectivity index (χ3v) is 2.93. The predicted octanol–water partition coefficient (Wildman–Crippen LogP) is 0.822. The smallest absolute Gasteiger partial charge is 0.323 e. The van der Waals surface area contributed by atoms with Gasteiger partial charge in [0.15, 0.2) is 6.61 Å². The van der Waals surface area contributed by atoms with E-state index in [9.17, 15) is 14.4 Å². The Morgan fingerprint density at radius 2 is 1.92 bits per heavy atom. The number of rotatable bonds is 6. The highest BCUT2D eigenvalue weighted by Gasteiger charge is 2.07. The van der Waals surface area contributed by atoms with Crippen LogP contribution in [0.15, 0.2) is 47.4 Å². The molecule has 0 bridgehead atoms. The van der Waals surface area contributed by atoms with E-state index in [0.717, 1.165) is 4.57 Å². The summed E-state index contributed by atoms with van der Waals surface area (Å²) < 4.78 is 6.25. The molecule has 0 saturated carbocycles. The first-order chi connectivity index (χ1) is 11.5. The number of nitrogens with zero attached hydrogens (tertiary/aromatic N) is 2. The average molecular weight is 327 g/mol. The van der Waals surface area contributed by atoms with Crippen LogP contribution >= 0.6 is 0 Å². The number of nitrogens with one attached hydrogen (secondary N) is 1. The molecular formula is C16H13N3O5. The van der Waals surface area contributed by atoms with Crippen LogP contribution in [0.1, 0.15) is 5.56 Å². The van der Waals surface area contributed by atoms with Gasteiger partial charge in [0, 0.05) is 12.3 Å². The third-order valence-electron chi connectivity index (χ3n) is 2.93. The van der Waals surface area contributed by atoms with Crippen molar-refractivity contribution in [2.24, 2.45) is 0 Å². The quantitative estimate of drug-likeness (QED) is 0.810. The van der Waals surface area contributed by atoms with E-state index in [4.69, 9.17) is 15.1 Å². The molecule has 1 aromatic heterocycles. The summed E-state index contributed by atoms with van der Waals surface area (Å²) in [7, 11) is 0. The van der Waals surface area contributed by atoms with Gasteiger partial charge >= 0.3 is 5.97 Å². The molecule has 1 aromatic carbocycles. The standard InChI is InChI=1S/C16H13N3O5/c17-7-11-1-4-13(5-2-11)24-10-14(20)18-12-3-6-15(21)19(8-12)9-16(22)23/h1-6,8H,9-10H2,(H,18,20)(H,22,23). The van der Waals surface area contributed by atoms with Crippen LogP contribution in [-0.4, -0.2) is 28.2 Å². The number of anilines is 1. The van der Waals surface area contributed by atoms with E-state index < -0.39 is 24.0 Å². The lowest BCUT2D eigenvalue weighted by atomic mass is 10.2. The molecule has 122 valence electrons. The van der Waals surface area contributed by atoms with Crippen LogP contribution < -0.4 is 15.6 Å². The largest absolute Gasteiger partial charge is 0.484 e. The maximum Gasteiger partial charge on any atom is 0.323 e. The van der Waals surface area contributed by atoms with E-state index >= 15 is 0 Å². The van der Waals surface area contributed by atoms with E-state index in [2.05, 4.69) is 5.32 Å². The molecule has 0 fully saturated rings. The molecule has 0 unspecified atom stereocenters. The molecule has 0 aliphatic carbocycles. The van der Waals surface area contributed by atoms with E-state index in [-0.39, 0.29) is 12.3 Å². The second kappa shape index (κ2) is 7.60. The summed E-state index contributed by atoms with van der Waals surface area (Å²) in [6.07, 6.45) is 1.25. The summed E-state index contributed by atoms with van der Waals surface area (Å²) in [5, 5.41) is 19.9. The number of carboxylic acids is 1. The Hall–Kier alpha value is -3.60. The number of carboxylic acid groups (broad SMARTS) is 1. The van der Waals surface area contributed by atoms with Gasteiger partial charge in [-0.1, -0.05) is 0 Å². The molecule has 1 amide bonds. The summed E-state index contributed by atoms with van der Waals surface area (Å²) in [6, 6.07) is 10.8. The number of benzene rings is 1. The summed E-state index contributed by atoms with van der Waals surface area (Å²) in [5.74, 6) is -1.20. The number of hydrogen-bond acceptors (Lipinski definition) is 5. The molecule has 0 aliphatic heterocycles. The van der Waals surface area contributed by atoms with E-state index in [1.54, 1.807) is 24.3 Å². The number of ether oxygens (including phenoxy) is 1. The molecule has 8 nitrogen and oxygen atoms in total. The van der Waals surface area contributed by atoms with Gasteiger partial charge in [0.05, 0.1) is 17.3 Å². The monoisotopic (exact) mass is 327 g/mol. The van der Waals surface area contributed by atoms with Crippen LogP contribution in [0.25, 0.3) is 0 Å². The number of pyridine rings is 1. The van der Waals surface area contributed by atoms with Gasteiger partial charge in [-0.2, -0.15) is 5.26 Å². The van der Waals surface area contributed by atoms with Crippen LogP contribution in [0.4, 0.5) is 5.69 Å². The van der Waals surface area contributed by atoms with Crippen LogP contribution in [0.3, 0.4) is 0 Å². The molecule has 0 spiro atoms. The van der Waals surface area contributed by atoms with E-state index in [0.29, 0.717) is 11.3 Å². The Kier molecular flexibility index (Phi) is 5.31. The molecule has 2 N–H and O–H groups in total. The van der Waals surface area contributed by atoms with E-state index in [1.807, 2.05) is 6.07 Å². The fourth-order valence-corrected chi connectivity index (χ4v) is 1.85. The minimum Gasteiger partial charge on any atom is -0.484 e. The second-order valence-corrected chi connectivity index (χ2v) is 4.75. The van der Waals surface area contributed by atoms with Crippen molar-refractivity contribution in [2.45, 2.75) is 6.54 Å². The second-order valence-electron chi connectivity index (χ2n) is 4.75. The molecule has 2 rings (SSSR count). The van der Waals surface area contributed by atoms with Crippen molar-refractivity contribution in [3.05, 3.63) is 58.5 Å². The van der Waals surface area contributed by atoms with Gasteiger partial charge in [0.25, 0.3) is 11.5 Å². The van der Waals surface area contributed by atoms with Crippen molar-refractivity contribution in [3.63, 3.8) is 0 Å². The fraction of sp³-hybridized carbons (Fsp3) is 0.125. The predicted molar refractivity (Wildman–Crippen MR) is 83.6 cm³/mol. The highest BCUT2D eigenvalue weighted by atomic mass is 16.5. The first-order valence-corrected chi connectivity index (χ1v) is 6.83. The fourth-order valence-electron chi connectivity index (χ4n) is 1.85. The van der Waals surface area contributed by atoms with Gasteiger partial charge in [0.1, 0.15) is 12.3 Å². The van der Waals surface area contributed by atoms with Gasteiger partial charge in [0.2, 0.25) is 0 Å². The van der Waals surface area contributed by atoms with Gasteiger partial charge in [-0.05, 0) is 30.3 Å². The SMILES string of the molecule is N#Cc1ccc(OCC(=O)Nc2ccc(=O)n(CC(=O)O)c2)cc1. The lowest BCUT2D eigenvalue weighted by Gasteiger charge is -2.09. The molecule has 0 radical (unpaired) electrons. The number of aliphatic carboxylic acids is 1.